The van der Waals surface area contributed by atoms with Crippen LogP contribution in [0.4, 0.5) is 0 Å². The van der Waals surface area contributed by atoms with Crippen molar-refractivity contribution in [2.24, 2.45) is 11.7 Å². The van der Waals surface area contributed by atoms with Gasteiger partial charge in [-0.15, -0.1) is 0 Å². The number of phenols is 1. The van der Waals surface area contributed by atoms with Crippen molar-refractivity contribution in [2.75, 3.05) is 19.6 Å². The van der Waals surface area contributed by atoms with Gasteiger partial charge in [-0.05, 0) is 38.0 Å². The third-order valence-electron chi connectivity index (χ3n) is 10.1. The van der Waals surface area contributed by atoms with Crippen LogP contribution in [0.5, 0.6) is 5.75 Å². The molecule has 3 aliphatic rings. The molecule has 0 radical (unpaired) electrons. The van der Waals surface area contributed by atoms with E-state index < -0.39 is 146 Å². The van der Waals surface area contributed by atoms with Gasteiger partial charge in [-0.25, -0.2) is 0 Å². The highest BCUT2D eigenvalue weighted by Crippen LogP contribution is 2.27. The van der Waals surface area contributed by atoms with Crippen LogP contribution in [0.25, 0.3) is 0 Å². The summed E-state index contributed by atoms with van der Waals surface area (Å²) < 4.78 is 0. The molecule has 6 amide bonds. The van der Waals surface area contributed by atoms with Crippen molar-refractivity contribution in [2.45, 2.75) is 113 Å². The number of carbonyl (C=O) groups is 6. The second-order valence-corrected chi connectivity index (χ2v) is 14.5. The highest BCUT2D eigenvalue weighted by atomic mass is 16.3. The molecule has 55 heavy (non-hydrogen) atoms. The van der Waals surface area contributed by atoms with E-state index in [1.165, 1.54) is 31.2 Å². The topological polar surface area (TPSA) is 345 Å². The number of fused-ring (bicyclic) bond motifs is 2. The summed E-state index contributed by atoms with van der Waals surface area (Å²) in [6.45, 7) is 2.60. The number of phenolic OH excluding ortho intramolecular Hbond substituents is 1. The Morgan fingerprint density at radius 1 is 0.709 bits per heavy atom. The van der Waals surface area contributed by atoms with Gasteiger partial charge in [0.1, 0.15) is 48.2 Å². The maximum atomic E-state index is 14.0. The van der Waals surface area contributed by atoms with Crippen LogP contribution in [0.1, 0.15) is 45.3 Å². The standard InChI is InChI=1S/C34H51N7O14/c1-13-11-41-25(26(13)47)32(53)36-10-18(45)8-20(35)29(50)37-22(14(2)42)33(54)40-12-19(46)9-21(40)30(51)39-24(31(52)38-23(15(3)43)34(41)55)28(49)27(48)16-4-6-17(44)7-5-16/h4-7,13-15,18-28,42-49H,8-12,35H2,1-3H3,(H,36,53)(H,37,50)(H,38,52)(H,39,51)/t13-,14+,15+,18+,19+,20-,21-,22-,23-,24-,25-,26-,27-,28-/m0/s1. The first-order chi connectivity index (χ1) is 25.7. The molecule has 3 heterocycles. The number of nitrogens with zero attached hydrogens (tertiary/aromatic N) is 2. The van der Waals surface area contributed by atoms with Crippen LogP contribution in [0, 0.1) is 5.92 Å². The summed E-state index contributed by atoms with van der Waals surface area (Å²) in [7, 11) is 0. The number of β-amino-alcohol motifs (C(OH)–C–C–N with tert-alkyl or cyclic N) is 1. The van der Waals surface area contributed by atoms with E-state index in [0.717, 1.165) is 23.6 Å². The summed E-state index contributed by atoms with van der Waals surface area (Å²) in [4.78, 5) is 83.9. The Morgan fingerprint density at radius 2 is 1.25 bits per heavy atom. The molecular weight excluding hydrogens is 730 g/mol. The molecule has 0 aliphatic carbocycles. The highest BCUT2D eigenvalue weighted by Gasteiger charge is 2.49. The molecule has 4 rings (SSSR count). The molecule has 1 aromatic carbocycles. The lowest BCUT2D eigenvalue weighted by Crippen LogP contribution is -2.64. The van der Waals surface area contributed by atoms with Crippen LogP contribution in [0.2, 0.25) is 0 Å². The van der Waals surface area contributed by atoms with Gasteiger partial charge in [0.15, 0.2) is 0 Å². The van der Waals surface area contributed by atoms with Crippen LogP contribution in [0.15, 0.2) is 24.3 Å². The molecule has 14 atom stereocenters. The van der Waals surface area contributed by atoms with Crippen molar-refractivity contribution in [1.82, 2.24) is 31.1 Å². The lowest BCUT2D eigenvalue weighted by atomic mass is 9.96. The number of aliphatic hydroxyl groups excluding tert-OH is 7. The van der Waals surface area contributed by atoms with Crippen LogP contribution in [0.3, 0.4) is 0 Å². The summed E-state index contributed by atoms with van der Waals surface area (Å²) in [6.07, 6.45) is -12.5. The molecule has 0 saturated carbocycles. The average molecular weight is 782 g/mol. The van der Waals surface area contributed by atoms with E-state index in [1.54, 1.807) is 0 Å². The summed E-state index contributed by atoms with van der Waals surface area (Å²) in [5, 5.41) is 94.7. The minimum atomic E-state index is -2.21. The number of nitrogens with two attached hydrogens (primary N) is 1. The quantitative estimate of drug-likeness (QED) is 0.132. The van der Waals surface area contributed by atoms with Crippen molar-refractivity contribution >= 4 is 35.4 Å². The zero-order valence-electron chi connectivity index (χ0n) is 30.4. The fourth-order valence-electron chi connectivity index (χ4n) is 6.91. The molecule has 0 bridgehead atoms. The predicted octanol–water partition coefficient (Wildman–Crippen LogP) is -6.62. The minimum absolute atomic E-state index is 0.0290. The number of hydrogen-bond donors (Lipinski definition) is 13. The smallest absolute Gasteiger partial charge is 0.248 e. The molecule has 3 saturated heterocycles. The van der Waals surface area contributed by atoms with Gasteiger partial charge < -0.3 is 77.7 Å². The normalized spacial score (nSPS) is 34.2. The van der Waals surface area contributed by atoms with Gasteiger partial charge in [-0.3, -0.25) is 28.8 Å². The second kappa shape index (κ2) is 18.0. The van der Waals surface area contributed by atoms with Crippen LogP contribution in [-0.4, -0.2) is 179 Å². The number of carbonyl (C=O) groups excluding carboxylic acids is 6. The Morgan fingerprint density at radius 3 is 1.84 bits per heavy atom. The molecule has 0 spiro atoms. The molecule has 1 aromatic rings. The number of nitrogens with one attached hydrogen (secondary N) is 4. The van der Waals surface area contributed by atoms with Crippen LogP contribution in [-0.2, 0) is 28.8 Å². The summed E-state index contributed by atoms with van der Waals surface area (Å²) in [5.74, 6) is -7.45. The number of aliphatic hydroxyl groups is 7. The number of rotatable bonds is 5. The van der Waals surface area contributed by atoms with Crippen molar-refractivity contribution in [1.29, 1.82) is 0 Å². The van der Waals surface area contributed by atoms with E-state index in [-0.39, 0.29) is 17.9 Å². The minimum Gasteiger partial charge on any atom is -0.508 e. The maximum Gasteiger partial charge on any atom is 0.248 e. The Balaban J connectivity index is 1.78. The lowest BCUT2D eigenvalue weighted by molar-refractivity contribution is -0.147. The van der Waals surface area contributed by atoms with E-state index in [2.05, 4.69) is 21.3 Å². The summed E-state index contributed by atoms with van der Waals surface area (Å²) >= 11 is 0. The van der Waals surface area contributed by atoms with Gasteiger partial charge in [0.05, 0.1) is 36.6 Å². The summed E-state index contributed by atoms with van der Waals surface area (Å²) in [5.41, 5.74) is 5.95. The van der Waals surface area contributed by atoms with Crippen LogP contribution < -0.4 is 27.0 Å². The fourth-order valence-corrected chi connectivity index (χ4v) is 6.91. The van der Waals surface area contributed by atoms with Gasteiger partial charge in [0, 0.05) is 32.0 Å². The molecule has 3 aliphatic heterocycles. The van der Waals surface area contributed by atoms with E-state index in [9.17, 15) is 69.6 Å². The molecular formula is C34H51N7O14. The Kier molecular flexibility index (Phi) is 14.1. The largest absolute Gasteiger partial charge is 0.508 e. The predicted molar refractivity (Wildman–Crippen MR) is 187 cm³/mol. The zero-order chi connectivity index (χ0) is 41.0. The van der Waals surface area contributed by atoms with Crippen molar-refractivity contribution in [3.63, 3.8) is 0 Å². The fraction of sp³-hybridized carbons (Fsp3) is 0.647. The zero-order valence-corrected chi connectivity index (χ0v) is 30.4. The summed E-state index contributed by atoms with van der Waals surface area (Å²) in [6, 6.07) is -5.65. The Bertz CT molecular complexity index is 1580. The van der Waals surface area contributed by atoms with Gasteiger partial charge in [0.2, 0.25) is 35.4 Å². The van der Waals surface area contributed by atoms with E-state index in [1.807, 2.05) is 0 Å². The molecule has 0 aromatic heterocycles. The molecule has 0 unspecified atom stereocenters. The molecule has 14 N–H and O–H groups in total. The number of amides is 6. The first-order valence-electron chi connectivity index (χ1n) is 17.8. The second-order valence-electron chi connectivity index (χ2n) is 14.5. The molecule has 306 valence electrons. The van der Waals surface area contributed by atoms with Crippen molar-refractivity contribution < 1.29 is 69.6 Å². The van der Waals surface area contributed by atoms with E-state index >= 15 is 0 Å². The Hall–Kier alpha value is -4.48. The van der Waals surface area contributed by atoms with Gasteiger partial charge in [-0.2, -0.15) is 0 Å². The number of aromatic hydroxyl groups is 1. The first kappa shape index (κ1) is 43.3. The number of benzene rings is 1. The van der Waals surface area contributed by atoms with Gasteiger partial charge >= 0.3 is 0 Å². The molecule has 3 fully saturated rings. The Labute approximate surface area is 315 Å². The average Bonchev–Trinajstić information content (AvgIpc) is 3.67. The maximum absolute atomic E-state index is 14.0. The number of hydrogen-bond acceptors (Lipinski definition) is 15. The van der Waals surface area contributed by atoms with E-state index in [4.69, 9.17) is 5.73 Å². The third kappa shape index (κ3) is 9.86. The van der Waals surface area contributed by atoms with Crippen molar-refractivity contribution in [3.8, 4) is 5.75 Å². The molecule has 21 nitrogen and oxygen atoms in total. The SMILES string of the molecule is C[C@@H](O)[C@@H]1NC(=O)[C@H]([C@H](O)[C@@H](O)c2ccc(O)cc2)NC(=O)[C@@H]2C[C@@H](O)CN2C(=O)[C@H]([C@@H](C)O)NC(=O)[C@@H](N)C[C@@H](O)CNC(=O)[C@@H]2[C@@H](O)[C@@H](C)CN2C1=O. The van der Waals surface area contributed by atoms with Crippen molar-refractivity contribution in [3.05, 3.63) is 29.8 Å². The molecule has 21 heteroatoms. The third-order valence-corrected chi connectivity index (χ3v) is 10.1. The van der Waals surface area contributed by atoms with Crippen LogP contribution >= 0.6 is 0 Å². The van der Waals surface area contributed by atoms with Gasteiger partial charge in [0.25, 0.3) is 0 Å². The first-order valence-corrected chi connectivity index (χ1v) is 17.8. The lowest BCUT2D eigenvalue weighted by Gasteiger charge is -2.34. The van der Waals surface area contributed by atoms with E-state index in [0.29, 0.717) is 0 Å². The van der Waals surface area contributed by atoms with Gasteiger partial charge in [-0.1, -0.05) is 19.1 Å². The highest BCUT2D eigenvalue weighted by molar-refractivity contribution is 5.98. The monoisotopic (exact) mass is 781 g/mol.